The van der Waals surface area contributed by atoms with Crippen molar-refractivity contribution in [1.29, 1.82) is 0 Å². The molecule has 0 spiro atoms. The van der Waals surface area contributed by atoms with Gasteiger partial charge in [0.15, 0.2) is 0 Å². The predicted molar refractivity (Wildman–Crippen MR) is 191 cm³/mol. The van der Waals surface area contributed by atoms with E-state index >= 15 is 4.79 Å². The van der Waals surface area contributed by atoms with Gasteiger partial charge in [0.25, 0.3) is 5.69 Å². The van der Waals surface area contributed by atoms with Gasteiger partial charge in [0, 0.05) is 42.3 Å². The number of non-ortho nitro benzene ring substituents is 1. The van der Waals surface area contributed by atoms with E-state index in [1.807, 2.05) is 26.0 Å². The zero-order chi connectivity index (χ0) is 37.5. The Labute approximate surface area is 296 Å². The predicted octanol–water partition coefficient (Wildman–Crippen LogP) is 5.82. The molecule has 4 amide bonds. The highest BCUT2D eigenvalue weighted by Gasteiger charge is 2.69. The average molecular weight is 698 g/mol. The maximum absolute atomic E-state index is 15.2. The number of rotatable bonds is 9. The number of fused-ring (bicyclic) bond motifs is 3. The van der Waals surface area contributed by atoms with E-state index in [9.17, 15) is 29.6 Å². The summed E-state index contributed by atoms with van der Waals surface area (Å²) in [5, 5.41) is 26.7. The molecule has 13 heteroatoms. The highest BCUT2D eigenvalue weighted by Crippen LogP contribution is 2.62. The lowest BCUT2D eigenvalue weighted by atomic mass is 9.60. The van der Waals surface area contributed by atoms with Crippen LogP contribution in [-0.4, -0.2) is 62.6 Å². The van der Waals surface area contributed by atoms with Gasteiger partial charge in [-0.2, -0.15) is 0 Å². The number of para-hydroxylation sites is 1. The first-order valence-electron chi connectivity index (χ1n) is 16.6. The van der Waals surface area contributed by atoms with Crippen molar-refractivity contribution in [2.75, 3.05) is 10.2 Å². The largest absolute Gasteiger partial charge is 0.508 e. The highest BCUT2D eigenvalue weighted by molar-refractivity contribution is 6.03. The Bertz CT molecular complexity index is 1870. The number of hydrogen-bond acceptors (Lipinski definition) is 8. The summed E-state index contributed by atoms with van der Waals surface area (Å²) in [4.78, 5) is 70.2. The molecule has 0 aromatic heterocycles. The van der Waals surface area contributed by atoms with Crippen LogP contribution in [0.15, 0.2) is 85.5 Å². The number of ether oxygens (including phenoxy) is 1. The van der Waals surface area contributed by atoms with Crippen molar-refractivity contribution in [3.63, 3.8) is 0 Å². The fourth-order valence-corrected chi connectivity index (χ4v) is 7.25. The molecule has 51 heavy (non-hydrogen) atoms. The highest BCUT2D eigenvalue weighted by atomic mass is 16.6. The second kappa shape index (κ2) is 13.5. The first kappa shape index (κ1) is 36.6. The third kappa shape index (κ3) is 6.88. The number of anilines is 2. The number of carbonyl (C=O) groups is 4. The molecule has 3 aromatic rings. The summed E-state index contributed by atoms with van der Waals surface area (Å²) < 4.78 is 5.54. The molecule has 3 aromatic carbocycles. The molecule has 0 bridgehead atoms. The summed E-state index contributed by atoms with van der Waals surface area (Å²) >= 11 is 0. The van der Waals surface area contributed by atoms with Crippen molar-refractivity contribution in [1.82, 2.24) is 10.2 Å². The van der Waals surface area contributed by atoms with Crippen LogP contribution in [0.25, 0.3) is 0 Å². The summed E-state index contributed by atoms with van der Waals surface area (Å²) in [7, 11) is 0. The van der Waals surface area contributed by atoms with Crippen LogP contribution in [-0.2, 0) is 31.0 Å². The van der Waals surface area contributed by atoms with Crippen molar-refractivity contribution in [3.8, 4) is 5.75 Å². The minimum absolute atomic E-state index is 0.0153. The van der Waals surface area contributed by atoms with Crippen LogP contribution in [0, 0.1) is 15.5 Å². The number of nitro benzene ring substituents is 1. The third-order valence-electron chi connectivity index (χ3n) is 9.71. The summed E-state index contributed by atoms with van der Waals surface area (Å²) in [6, 6.07) is 16.4. The Hall–Kier alpha value is -5.72. The number of benzene rings is 3. The van der Waals surface area contributed by atoms with Gasteiger partial charge in [0.1, 0.15) is 29.6 Å². The molecule has 0 aliphatic carbocycles. The number of carbonyl (C=O) groups excluding carboxylic acids is 4. The second-order valence-corrected chi connectivity index (χ2v) is 14.5. The number of phenolic OH excluding ortho intramolecular Hbond substituents is 1. The normalized spacial score (nSPS) is 20.1. The van der Waals surface area contributed by atoms with Crippen LogP contribution in [0.4, 0.5) is 21.9 Å². The fraction of sp³-hybridized carbons (Fsp3) is 0.368. The van der Waals surface area contributed by atoms with Crippen LogP contribution in [0.2, 0.25) is 0 Å². The summed E-state index contributed by atoms with van der Waals surface area (Å²) in [6.45, 7) is 14.5. The number of amides is 4. The molecular weight excluding hydrogens is 654 g/mol. The van der Waals surface area contributed by atoms with Crippen LogP contribution >= 0.6 is 0 Å². The van der Waals surface area contributed by atoms with Crippen molar-refractivity contribution in [2.24, 2.45) is 5.41 Å². The zero-order valence-electron chi connectivity index (χ0n) is 29.5. The van der Waals surface area contributed by atoms with E-state index in [4.69, 9.17) is 4.74 Å². The first-order valence-corrected chi connectivity index (χ1v) is 16.6. The molecule has 0 unspecified atom stereocenters. The monoisotopic (exact) mass is 697 g/mol. The van der Waals surface area contributed by atoms with Crippen LogP contribution in [0.3, 0.4) is 0 Å². The van der Waals surface area contributed by atoms with E-state index in [0.29, 0.717) is 11.3 Å². The van der Waals surface area contributed by atoms with Crippen molar-refractivity contribution < 1.29 is 33.9 Å². The number of nitrogens with one attached hydrogen (secondary N) is 2. The van der Waals surface area contributed by atoms with E-state index < -0.39 is 57.5 Å². The number of nitro groups is 1. The summed E-state index contributed by atoms with van der Waals surface area (Å²) in [6.07, 6.45) is -0.0967. The van der Waals surface area contributed by atoms with Gasteiger partial charge in [-0.15, -0.1) is 6.58 Å². The lowest BCUT2D eigenvalue weighted by molar-refractivity contribution is -0.384. The molecule has 0 saturated carbocycles. The lowest BCUT2D eigenvalue weighted by Gasteiger charge is -2.45. The molecule has 1 saturated heterocycles. The van der Waals surface area contributed by atoms with Gasteiger partial charge in [0.2, 0.25) is 17.7 Å². The zero-order valence-corrected chi connectivity index (χ0v) is 29.5. The van der Waals surface area contributed by atoms with Gasteiger partial charge < -0.3 is 25.4 Å². The molecule has 5 rings (SSSR count). The van der Waals surface area contributed by atoms with Crippen molar-refractivity contribution >= 4 is 40.9 Å². The summed E-state index contributed by atoms with van der Waals surface area (Å²) in [5.74, 6) is -1.59. The van der Waals surface area contributed by atoms with E-state index in [2.05, 4.69) is 17.2 Å². The average Bonchev–Trinajstić information content (AvgIpc) is 3.56. The Morgan fingerprint density at radius 1 is 1.04 bits per heavy atom. The van der Waals surface area contributed by atoms with E-state index in [1.165, 1.54) is 53.1 Å². The molecule has 2 heterocycles. The number of hydrogen-bond donors (Lipinski definition) is 3. The molecule has 3 N–H and O–H groups in total. The number of likely N-dealkylation sites (tertiary alicyclic amines) is 1. The molecule has 13 nitrogen and oxygen atoms in total. The van der Waals surface area contributed by atoms with E-state index in [1.54, 1.807) is 51.1 Å². The molecule has 268 valence electrons. The van der Waals surface area contributed by atoms with Gasteiger partial charge in [-0.25, -0.2) is 4.79 Å². The SMILES string of the molecule is C=CC(C)(C)[C@@]12C[C@H](C(=O)Nc3ccc([N+](=O)[O-])cc3)N(C(=O)[C@H](Cc3ccc(O)cc3)NC(=O)OC(C)(C)C)[C@@H]1N(C(C)=O)c1ccccc12. The second-order valence-electron chi connectivity index (χ2n) is 14.5. The Balaban J connectivity index is 1.68. The quantitative estimate of drug-likeness (QED) is 0.143. The third-order valence-corrected chi connectivity index (χ3v) is 9.71. The van der Waals surface area contributed by atoms with E-state index in [-0.39, 0.29) is 35.9 Å². The topological polar surface area (TPSA) is 171 Å². The van der Waals surface area contributed by atoms with Gasteiger partial charge in [0.05, 0.1) is 4.92 Å². The first-order chi connectivity index (χ1) is 23.9. The number of phenols is 1. The number of allylic oxidation sites excluding steroid dienone is 1. The Morgan fingerprint density at radius 2 is 1.67 bits per heavy atom. The molecule has 0 radical (unpaired) electrons. The number of nitrogens with zero attached hydrogens (tertiary/aromatic N) is 3. The molecule has 2 aliphatic heterocycles. The van der Waals surface area contributed by atoms with E-state index in [0.717, 1.165) is 5.56 Å². The number of aromatic hydroxyl groups is 1. The van der Waals surface area contributed by atoms with Gasteiger partial charge in [-0.05, 0) is 74.1 Å². The summed E-state index contributed by atoms with van der Waals surface area (Å²) in [5.41, 5.74) is -0.679. The standard InChI is InChI=1S/C38H43N5O8/c1-8-37(6,7)38-22-31(32(46)39-25-15-17-26(18-16-25)43(49)50)42(34(38)41(23(2)44)30-12-10-9-11-28(30)38)33(47)29(40-35(48)51-36(3,4)5)21-24-13-19-27(45)20-14-24/h8-20,29,31,34,45H,1,21-22H2,2-7H3,(H,39,46)(H,40,48)/t29-,31+,34-,38+/m0/s1. The minimum Gasteiger partial charge on any atom is -0.508 e. The molecular formula is C38H43N5O8. The minimum atomic E-state index is -1.28. The molecule has 1 fully saturated rings. The van der Waals surface area contributed by atoms with Gasteiger partial charge in [-0.3, -0.25) is 29.4 Å². The van der Waals surface area contributed by atoms with Crippen LogP contribution in [0.5, 0.6) is 5.75 Å². The Kier molecular flexibility index (Phi) is 9.70. The van der Waals surface area contributed by atoms with Crippen LogP contribution in [0.1, 0.15) is 59.1 Å². The number of alkyl carbamates (subject to hydrolysis) is 1. The fourth-order valence-electron chi connectivity index (χ4n) is 7.25. The Morgan fingerprint density at radius 3 is 2.24 bits per heavy atom. The maximum atomic E-state index is 15.2. The van der Waals surface area contributed by atoms with Crippen LogP contribution < -0.4 is 15.5 Å². The van der Waals surface area contributed by atoms with Crippen molar-refractivity contribution in [2.45, 2.75) is 83.6 Å². The molecule has 4 atom stereocenters. The van der Waals surface area contributed by atoms with Gasteiger partial charge >= 0.3 is 6.09 Å². The molecule has 2 aliphatic rings. The lowest BCUT2D eigenvalue weighted by Crippen LogP contribution is -2.62. The smallest absolute Gasteiger partial charge is 0.408 e. The van der Waals surface area contributed by atoms with Gasteiger partial charge in [-0.1, -0.05) is 50.3 Å². The van der Waals surface area contributed by atoms with Crippen molar-refractivity contribution in [3.05, 3.63) is 107 Å². The maximum Gasteiger partial charge on any atom is 0.408 e.